The Kier molecular flexibility index (Phi) is 6.51. The molecule has 0 fully saturated rings. The van der Waals surface area contributed by atoms with E-state index in [1.807, 2.05) is 13.8 Å². The molecule has 0 radical (unpaired) electrons. The fourth-order valence-electron chi connectivity index (χ4n) is 0.747. The molecule has 0 aromatic carbocycles. The Bertz CT molecular complexity index is 173. The minimum Gasteiger partial charge on any atom is -0.376 e. The molecule has 2 heteroatoms. The summed E-state index contributed by atoms with van der Waals surface area (Å²) in [5.41, 5.74) is 0.972. The molecule has 0 aromatic rings. The number of rotatable bonds is 6. The molecule has 1 unspecified atom stereocenters. The molecular weight excluding hydrogens is 162 g/mol. The van der Waals surface area contributed by atoms with E-state index in [9.17, 15) is 0 Å². The summed E-state index contributed by atoms with van der Waals surface area (Å²) in [5.74, 6) is 0.590. The quantitative estimate of drug-likeness (QED) is 0.580. The Labute approximate surface area is 81.7 Å². The number of allylic oxidation sites excluding steroid dienone is 1. The molecule has 0 saturated heterocycles. The first-order chi connectivity index (χ1) is 6.06. The highest BCUT2D eigenvalue weighted by Crippen LogP contribution is 1.98. The maximum Gasteiger partial charge on any atom is 0.0742 e. The average molecular weight is 183 g/mol. The molecule has 2 nitrogen and oxygen atoms in total. The highest BCUT2D eigenvalue weighted by Gasteiger charge is 2.01. The van der Waals surface area contributed by atoms with Crippen LogP contribution >= 0.6 is 0 Å². The van der Waals surface area contributed by atoms with Gasteiger partial charge in [0.05, 0.1) is 12.6 Å². The first-order valence-corrected chi connectivity index (χ1v) is 4.81. The second-order valence-electron chi connectivity index (χ2n) is 3.72. The van der Waals surface area contributed by atoms with Crippen LogP contribution in [0.1, 0.15) is 27.7 Å². The van der Waals surface area contributed by atoms with Crippen LogP contribution < -0.4 is 0 Å². The van der Waals surface area contributed by atoms with Crippen molar-refractivity contribution >= 4 is 5.71 Å². The summed E-state index contributed by atoms with van der Waals surface area (Å²) >= 11 is 0. The van der Waals surface area contributed by atoms with E-state index < -0.39 is 0 Å². The van der Waals surface area contributed by atoms with Gasteiger partial charge in [-0.3, -0.25) is 4.99 Å². The summed E-state index contributed by atoms with van der Waals surface area (Å²) in [7, 11) is 0. The molecule has 0 saturated carbocycles. The number of ether oxygens (including phenoxy) is 1. The molecule has 0 bridgehead atoms. The summed E-state index contributed by atoms with van der Waals surface area (Å²) in [6, 6.07) is 0. The third kappa shape index (κ3) is 7.72. The monoisotopic (exact) mass is 183 g/mol. The van der Waals surface area contributed by atoms with Gasteiger partial charge in [0.2, 0.25) is 0 Å². The Morgan fingerprint density at radius 3 is 2.54 bits per heavy atom. The van der Waals surface area contributed by atoms with E-state index in [0.717, 1.165) is 18.9 Å². The van der Waals surface area contributed by atoms with Crippen molar-refractivity contribution in [2.24, 2.45) is 10.9 Å². The first-order valence-electron chi connectivity index (χ1n) is 4.81. The molecule has 0 aromatic heterocycles. The van der Waals surface area contributed by atoms with Gasteiger partial charge in [-0.15, -0.1) is 0 Å². The zero-order valence-electron chi connectivity index (χ0n) is 9.21. The van der Waals surface area contributed by atoms with Gasteiger partial charge in [0.15, 0.2) is 0 Å². The van der Waals surface area contributed by atoms with Gasteiger partial charge in [-0.2, -0.15) is 0 Å². The number of hydrogen-bond donors (Lipinski definition) is 0. The van der Waals surface area contributed by atoms with Crippen molar-refractivity contribution in [1.29, 1.82) is 0 Å². The normalized spacial score (nSPS) is 14.7. The topological polar surface area (TPSA) is 21.6 Å². The molecule has 13 heavy (non-hydrogen) atoms. The minimum atomic E-state index is 0.206. The molecule has 0 aliphatic heterocycles. The van der Waals surface area contributed by atoms with Crippen molar-refractivity contribution in [2.45, 2.75) is 33.8 Å². The fourth-order valence-corrected chi connectivity index (χ4v) is 0.747. The van der Waals surface area contributed by atoms with Crippen LogP contribution in [0.5, 0.6) is 0 Å². The van der Waals surface area contributed by atoms with E-state index >= 15 is 0 Å². The summed E-state index contributed by atoms with van der Waals surface area (Å²) in [4.78, 5) is 4.29. The molecule has 1 atom stereocenters. The van der Waals surface area contributed by atoms with E-state index in [1.165, 1.54) is 0 Å². The fraction of sp³-hybridized carbons (Fsp3) is 0.727. The van der Waals surface area contributed by atoms with Crippen LogP contribution in [0.15, 0.2) is 17.6 Å². The van der Waals surface area contributed by atoms with Crippen LogP contribution in [-0.4, -0.2) is 25.0 Å². The Morgan fingerprint density at radius 2 is 2.08 bits per heavy atom. The van der Waals surface area contributed by atoms with E-state index in [2.05, 4.69) is 25.4 Å². The van der Waals surface area contributed by atoms with Crippen molar-refractivity contribution < 1.29 is 4.74 Å². The van der Waals surface area contributed by atoms with Gasteiger partial charge in [-0.25, -0.2) is 0 Å². The van der Waals surface area contributed by atoms with Crippen LogP contribution in [0, 0.1) is 5.92 Å². The molecule has 0 rings (SSSR count). The van der Waals surface area contributed by atoms with Crippen molar-refractivity contribution in [2.75, 3.05) is 13.2 Å². The summed E-state index contributed by atoms with van der Waals surface area (Å²) in [6.45, 7) is 13.5. The van der Waals surface area contributed by atoms with Crippen LogP contribution in [0.3, 0.4) is 0 Å². The average Bonchev–Trinajstić information content (AvgIpc) is 2.10. The standard InChI is InChI=1S/C11H21NO/c1-6-10(4)12-7-11(5)13-8-9(2)3/h6,9,11H,1,7-8H2,2-5H3. The molecule has 0 aliphatic rings. The molecule has 0 spiro atoms. The number of aliphatic imine (C=N–C) groups is 1. The van der Waals surface area contributed by atoms with Crippen LogP contribution in [0.2, 0.25) is 0 Å². The van der Waals surface area contributed by atoms with Gasteiger partial charge < -0.3 is 4.74 Å². The third-order valence-electron chi connectivity index (χ3n) is 1.61. The largest absolute Gasteiger partial charge is 0.376 e. The van der Waals surface area contributed by atoms with Gasteiger partial charge >= 0.3 is 0 Å². The van der Waals surface area contributed by atoms with Crippen LogP contribution in [0.25, 0.3) is 0 Å². The minimum absolute atomic E-state index is 0.206. The molecule has 0 heterocycles. The van der Waals surface area contributed by atoms with Gasteiger partial charge in [-0.1, -0.05) is 20.4 Å². The van der Waals surface area contributed by atoms with E-state index in [1.54, 1.807) is 6.08 Å². The summed E-state index contributed by atoms with van der Waals surface area (Å²) in [5, 5.41) is 0. The number of nitrogens with zero attached hydrogens (tertiary/aromatic N) is 1. The molecule has 0 aliphatic carbocycles. The highest BCUT2D eigenvalue weighted by atomic mass is 16.5. The van der Waals surface area contributed by atoms with Crippen molar-refractivity contribution in [1.82, 2.24) is 0 Å². The maximum absolute atomic E-state index is 5.56. The predicted octanol–water partition coefficient (Wildman–Crippen LogP) is 2.69. The summed E-state index contributed by atoms with van der Waals surface area (Å²) < 4.78 is 5.56. The molecule has 76 valence electrons. The molecule has 0 N–H and O–H groups in total. The smallest absolute Gasteiger partial charge is 0.0742 e. The summed E-state index contributed by atoms with van der Waals surface area (Å²) in [6.07, 6.45) is 1.96. The van der Waals surface area contributed by atoms with Crippen LogP contribution in [-0.2, 0) is 4.74 Å². The number of hydrogen-bond acceptors (Lipinski definition) is 2. The van der Waals surface area contributed by atoms with Crippen LogP contribution in [0.4, 0.5) is 0 Å². The van der Waals surface area contributed by atoms with E-state index in [0.29, 0.717) is 5.92 Å². The van der Waals surface area contributed by atoms with Crippen molar-refractivity contribution in [3.8, 4) is 0 Å². The third-order valence-corrected chi connectivity index (χ3v) is 1.61. The lowest BCUT2D eigenvalue weighted by Gasteiger charge is -2.12. The van der Waals surface area contributed by atoms with Crippen molar-refractivity contribution in [3.63, 3.8) is 0 Å². The second kappa shape index (κ2) is 6.84. The lowest BCUT2D eigenvalue weighted by atomic mass is 10.2. The van der Waals surface area contributed by atoms with Gasteiger partial charge in [-0.05, 0) is 25.8 Å². The van der Waals surface area contributed by atoms with Gasteiger partial charge in [0.25, 0.3) is 0 Å². The maximum atomic E-state index is 5.56. The van der Waals surface area contributed by atoms with E-state index in [-0.39, 0.29) is 6.10 Å². The second-order valence-corrected chi connectivity index (χ2v) is 3.72. The zero-order chi connectivity index (χ0) is 10.3. The highest BCUT2D eigenvalue weighted by molar-refractivity contribution is 5.92. The van der Waals surface area contributed by atoms with Gasteiger partial charge in [0, 0.05) is 12.3 Å². The molecule has 0 amide bonds. The van der Waals surface area contributed by atoms with Crippen molar-refractivity contribution in [3.05, 3.63) is 12.7 Å². The SMILES string of the molecule is C=CC(C)=NCC(C)OCC(C)C. The lowest BCUT2D eigenvalue weighted by Crippen LogP contribution is -2.16. The zero-order valence-corrected chi connectivity index (χ0v) is 9.21. The van der Waals surface area contributed by atoms with E-state index in [4.69, 9.17) is 4.74 Å². The Morgan fingerprint density at radius 1 is 1.46 bits per heavy atom. The Hall–Kier alpha value is -0.630. The molecular formula is C11H21NO. The van der Waals surface area contributed by atoms with Gasteiger partial charge in [0.1, 0.15) is 0 Å². The lowest BCUT2D eigenvalue weighted by molar-refractivity contribution is 0.0534. The first kappa shape index (κ1) is 12.4. The predicted molar refractivity (Wildman–Crippen MR) is 58.4 cm³/mol. The Balaban J connectivity index is 3.62.